The van der Waals surface area contributed by atoms with Gasteiger partial charge in [-0.2, -0.15) is 0 Å². The number of allylic oxidation sites excluding steroid dienone is 1. The van der Waals surface area contributed by atoms with Crippen LogP contribution in [0.3, 0.4) is 0 Å². The van der Waals surface area contributed by atoms with Crippen molar-refractivity contribution in [1.82, 2.24) is 10.2 Å². The molecule has 2 amide bonds. The van der Waals surface area contributed by atoms with Crippen LogP contribution in [-0.2, 0) is 14.3 Å². The first-order valence-corrected chi connectivity index (χ1v) is 10.1. The minimum atomic E-state index is -0.298. The van der Waals surface area contributed by atoms with Gasteiger partial charge in [-0.1, -0.05) is 27.4 Å². The molecule has 0 saturated carbocycles. The van der Waals surface area contributed by atoms with Crippen molar-refractivity contribution in [1.29, 1.82) is 0 Å². The summed E-state index contributed by atoms with van der Waals surface area (Å²) in [7, 11) is 6.34. The Balaban J connectivity index is 2.45. The van der Waals surface area contributed by atoms with Crippen LogP contribution in [0.15, 0.2) is 12.3 Å². The van der Waals surface area contributed by atoms with Crippen LogP contribution in [0.1, 0.15) is 46.5 Å². The van der Waals surface area contributed by atoms with Crippen molar-refractivity contribution in [2.45, 2.75) is 46.5 Å². The van der Waals surface area contributed by atoms with Crippen molar-refractivity contribution in [3.05, 3.63) is 12.3 Å². The summed E-state index contributed by atoms with van der Waals surface area (Å²) in [6.45, 7) is 13.7. The summed E-state index contributed by atoms with van der Waals surface area (Å²) in [4.78, 5) is 26.1. The van der Waals surface area contributed by atoms with Crippen molar-refractivity contribution in [2.75, 3.05) is 53.9 Å². The molecular weight excluding hydrogens is 342 g/mol. The Labute approximate surface area is 165 Å². The number of amides is 2. The van der Waals surface area contributed by atoms with Crippen LogP contribution < -0.4 is 5.32 Å². The Morgan fingerprint density at radius 3 is 2.56 bits per heavy atom. The summed E-state index contributed by atoms with van der Waals surface area (Å²) in [5.41, 5.74) is -0.298. The second-order valence-corrected chi connectivity index (χ2v) is 9.25. The summed E-state index contributed by atoms with van der Waals surface area (Å²) in [6, 6.07) is 0. The molecule has 1 aliphatic rings. The molecule has 1 saturated heterocycles. The summed E-state index contributed by atoms with van der Waals surface area (Å²) in [5, 5.41) is 3.07. The lowest BCUT2D eigenvalue weighted by Gasteiger charge is -2.31. The van der Waals surface area contributed by atoms with E-state index in [9.17, 15) is 9.59 Å². The van der Waals surface area contributed by atoms with Crippen molar-refractivity contribution in [2.24, 2.45) is 11.3 Å². The number of carbonyl (C=O) groups excluding carboxylic acids is 2. The third kappa shape index (κ3) is 8.33. The molecule has 1 rings (SSSR count). The van der Waals surface area contributed by atoms with Gasteiger partial charge in [0.25, 0.3) is 0 Å². The Kier molecular flexibility index (Phi) is 8.79. The Morgan fingerprint density at radius 1 is 1.37 bits per heavy atom. The van der Waals surface area contributed by atoms with Crippen molar-refractivity contribution in [3.8, 4) is 0 Å². The van der Waals surface area contributed by atoms with Crippen LogP contribution in [0.2, 0.25) is 0 Å². The molecule has 6 heteroatoms. The van der Waals surface area contributed by atoms with Crippen LogP contribution in [0.4, 0.5) is 0 Å². The fraction of sp³-hybridized carbons (Fsp3) is 0.810. The van der Waals surface area contributed by atoms with E-state index in [0.717, 1.165) is 30.4 Å². The van der Waals surface area contributed by atoms with E-state index in [0.29, 0.717) is 38.3 Å². The van der Waals surface area contributed by atoms with Crippen molar-refractivity contribution >= 4 is 11.8 Å². The lowest BCUT2D eigenvalue weighted by molar-refractivity contribution is -0.869. The molecule has 1 unspecified atom stereocenters. The molecule has 0 aromatic heterocycles. The number of nitrogens with one attached hydrogen (secondary N) is 1. The predicted octanol–water partition coefficient (Wildman–Crippen LogP) is 2.40. The zero-order valence-corrected chi connectivity index (χ0v) is 18.3. The highest BCUT2D eigenvalue weighted by atomic mass is 16.5. The van der Waals surface area contributed by atoms with Gasteiger partial charge in [-0.15, -0.1) is 0 Å². The summed E-state index contributed by atoms with van der Waals surface area (Å²) < 4.78 is 6.67. The van der Waals surface area contributed by atoms with Gasteiger partial charge in [0.2, 0.25) is 11.8 Å². The topological polar surface area (TPSA) is 58.6 Å². The van der Waals surface area contributed by atoms with E-state index in [1.165, 1.54) is 0 Å². The van der Waals surface area contributed by atoms with Gasteiger partial charge in [-0.3, -0.25) is 9.59 Å². The van der Waals surface area contributed by atoms with Gasteiger partial charge in [-0.05, 0) is 19.3 Å². The van der Waals surface area contributed by atoms with Crippen molar-refractivity contribution < 1.29 is 18.8 Å². The first-order valence-electron chi connectivity index (χ1n) is 10.1. The first-order chi connectivity index (χ1) is 12.5. The number of rotatable bonds is 12. The second-order valence-electron chi connectivity index (χ2n) is 9.25. The van der Waals surface area contributed by atoms with Gasteiger partial charge in [0.1, 0.15) is 6.61 Å². The zero-order valence-electron chi connectivity index (χ0n) is 18.3. The third-order valence-corrected chi connectivity index (χ3v) is 5.27. The van der Waals surface area contributed by atoms with Crippen LogP contribution in [0.5, 0.6) is 0 Å². The molecule has 1 N–H and O–H groups in total. The summed E-state index contributed by atoms with van der Waals surface area (Å²) in [5.74, 6) is 0.939. The highest BCUT2D eigenvalue weighted by Gasteiger charge is 2.31. The maximum Gasteiger partial charge on any atom is 0.223 e. The van der Waals surface area contributed by atoms with Crippen LogP contribution in [0.25, 0.3) is 0 Å². The molecule has 0 radical (unpaired) electrons. The van der Waals surface area contributed by atoms with E-state index in [2.05, 4.69) is 46.9 Å². The molecule has 0 aromatic rings. The summed E-state index contributed by atoms with van der Waals surface area (Å²) in [6.07, 6.45) is 3.07. The maximum atomic E-state index is 12.6. The molecule has 1 heterocycles. The van der Waals surface area contributed by atoms with Crippen LogP contribution in [0, 0.1) is 11.3 Å². The minimum Gasteiger partial charge on any atom is -0.496 e. The molecule has 1 atom stereocenters. The number of carbonyl (C=O) groups is 2. The quantitative estimate of drug-likeness (QED) is 0.416. The van der Waals surface area contributed by atoms with Gasteiger partial charge >= 0.3 is 0 Å². The first kappa shape index (κ1) is 23.5. The summed E-state index contributed by atoms with van der Waals surface area (Å²) >= 11 is 0. The van der Waals surface area contributed by atoms with Gasteiger partial charge in [-0.25, -0.2) is 0 Å². The Bertz CT molecular complexity index is 523. The molecule has 0 aromatic carbocycles. The molecule has 0 aliphatic carbocycles. The van der Waals surface area contributed by atoms with E-state index < -0.39 is 0 Å². The highest BCUT2D eigenvalue weighted by Crippen LogP contribution is 2.34. The molecule has 6 nitrogen and oxygen atoms in total. The molecule has 0 spiro atoms. The number of hydrogen-bond donors (Lipinski definition) is 1. The lowest BCUT2D eigenvalue weighted by atomic mass is 9.80. The highest BCUT2D eigenvalue weighted by molar-refractivity contribution is 5.78. The van der Waals surface area contributed by atoms with Crippen molar-refractivity contribution in [3.63, 3.8) is 0 Å². The maximum absolute atomic E-state index is 12.6. The van der Waals surface area contributed by atoms with Crippen LogP contribution >= 0.6 is 0 Å². The minimum absolute atomic E-state index is 0.0621. The average molecular weight is 383 g/mol. The number of likely N-dealkylation sites (N-methyl/N-ethyl adjacent to an activating group) is 1. The average Bonchev–Trinajstić information content (AvgIpc) is 2.96. The number of likely N-dealkylation sites (tertiary alicyclic amines) is 1. The Morgan fingerprint density at radius 2 is 2.04 bits per heavy atom. The SMILES string of the molecule is C=C(OCCN1CCCC1=O)C(C)(C)CC(CC)C(=O)NCC[N+](C)(C)C. The monoisotopic (exact) mass is 382 g/mol. The molecule has 0 bridgehead atoms. The number of nitrogens with zero attached hydrogens (tertiary/aromatic N) is 2. The smallest absolute Gasteiger partial charge is 0.223 e. The van der Waals surface area contributed by atoms with Gasteiger partial charge in [0.15, 0.2) is 0 Å². The van der Waals surface area contributed by atoms with Crippen LogP contribution in [-0.4, -0.2) is 75.1 Å². The molecule has 156 valence electrons. The molecular formula is C21H40N3O3+. The fourth-order valence-electron chi connectivity index (χ4n) is 3.23. The zero-order chi connectivity index (χ0) is 20.7. The fourth-order valence-corrected chi connectivity index (χ4v) is 3.23. The van der Waals surface area contributed by atoms with E-state index >= 15 is 0 Å². The third-order valence-electron chi connectivity index (χ3n) is 5.27. The molecule has 1 aliphatic heterocycles. The molecule has 1 fully saturated rings. The molecule has 27 heavy (non-hydrogen) atoms. The normalized spacial score (nSPS) is 16.4. The Hall–Kier alpha value is -1.56. The van der Waals surface area contributed by atoms with Gasteiger partial charge in [0, 0.05) is 24.3 Å². The van der Waals surface area contributed by atoms with Gasteiger partial charge < -0.3 is 19.4 Å². The van der Waals surface area contributed by atoms with E-state index in [1.807, 2.05) is 11.8 Å². The van der Waals surface area contributed by atoms with E-state index in [4.69, 9.17) is 4.74 Å². The number of quaternary nitrogens is 1. The lowest BCUT2D eigenvalue weighted by Crippen LogP contribution is -2.43. The number of ether oxygens (including phenoxy) is 1. The largest absolute Gasteiger partial charge is 0.496 e. The van der Waals surface area contributed by atoms with Gasteiger partial charge in [0.05, 0.1) is 46.5 Å². The second kappa shape index (κ2) is 10.1. The standard InChI is InChI=1S/C21H39N3O3/c1-8-18(20(26)22-11-14-24(5,6)7)16-21(3,4)17(2)27-15-13-23-12-9-10-19(23)25/h18H,2,8-16H2,1,3-7H3/p+1. The predicted molar refractivity (Wildman–Crippen MR) is 109 cm³/mol. The van der Waals surface area contributed by atoms with E-state index in [1.54, 1.807) is 0 Å². The number of hydrogen-bond acceptors (Lipinski definition) is 3. The van der Waals surface area contributed by atoms with E-state index in [-0.39, 0.29) is 23.1 Å².